The van der Waals surface area contributed by atoms with Gasteiger partial charge >= 0.3 is 0 Å². The van der Waals surface area contributed by atoms with Crippen LogP contribution in [0.25, 0.3) is 0 Å². The molecule has 0 fully saturated rings. The maximum atomic E-state index is 5.71. The molecule has 2 aromatic rings. The van der Waals surface area contributed by atoms with E-state index in [0.717, 1.165) is 15.1 Å². The predicted octanol–water partition coefficient (Wildman–Crippen LogP) is 4.83. The molecule has 0 saturated heterocycles. The van der Waals surface area contributed by atoms with Crippen LogP contribution in [-0.4, -0.2) is 0 Å². The van der Waals surface area contributed by atoms with Crippen LogP contribution in [0, 0.1) is 0 Å². The van der Waals surface area contributed by atoms with Crippen molar-refractivity contribution < 1.29 is 4.74 Å². The lowest BCUT2D eigenvalue weighted by molar-refractivity contribution is 0.310. The second-order valence-electron chi connectivity index (χ2n) is 3.27. The Bertz CT molecular complexity index is 452. The summed E-state index contributed by atoms with van der Waals surface area (Å²) < 4.78 is 6.78. The first-order chi connectivity index (χ1) is 7.78. The maximum Gasteiger partial charge on any atom is 0.122 e. The van der Waals surface area contributed by atoms with Crippen molar-refractivity contribution in [3.05, 3.63) is 50.6 Å². The minimum absolute atomic E-state index is 0.540. The van der Waals surface area contributed by atoms with E-state index in [9.17, 15) is 0 Å². The van der Waals surface area contributed by atoms with Gasteiger partial charge in [-0.3, -0.25) is 0 Å². The molecule has 0 aliphatic heterocycles. The first-order valence-electron chi connectivity index (χ1n) is 4.80. The molecular formula is C12H10BrClOS. The van der Waals surface area contributed by atoms with Gasteiger partial charge in [-0.05, 0) is 45.8 Å². The molecule has 0 aliphatic carbocycles. The van der Waals surface area contributed by atoms with Crippen molar-refractivity contribution in [3.63, 3.8) is 0 Å². The molecule has 2 rings (SSSR count). The number of thiophene rings is 1. The largest absolute Gasteiger partial charge is 0.488 e. The first-order valence-corrected chi connectivity index (χ1v) is 6.94. The molecule has 1 aromatic heterocycles. The number of halogens is 2. The standard InChI is InChI=1S/C12H10BrClOS/c13-12-6-5-11(16-12)8-15-10-3-1-9(7-14)2-4-10/h1-6H,7-8H2. The molecule has 84 valence electrons. The van der Waals surface area contributed by atoms with E-state index in [1.807, 2.05) is 30.3 Å². The molecule has 4 heteroatoms. The molecule has 0 bridgehead atoms. The van der Waals surface area contributed by atoms with E-state index in [-0.39, 0.29) is 0 Å². The van der Waals surface area contributed by atoms with E-state index in [2.05, 4.69) is 22.0 Å². The topological polar surface area (TPSA) is 9.23 Å². The maximum absolute atomic E-state index is 5.71. The van der Waals surface area contributed by atoms with Crippen LogP contribution in [0.15, 0.2) is 40.2 Å². The molecule has 1 heterocycles. The van der Waals surface area contributed by atoms with Gasteiger partial charge in [0.25, 0.3) is 0 Å². The molecule has 0 atom stereocenters. The minimum Gasteiger partial charge on any atom is -0.488 e. The Morgan fingerprint density at radius 1 is 1.12 bits per heavy atom. The van der Waals surface area contributed by atoms with Crippen molar-refractivity contribution in [2.24, 2.45) is 0 Å². The van der Waals surface area contributed by atoms with Crippen LogP contribution in [0.2, 0.25) is 0 Å². The van der Waals surface area contributed by atoms with Crippen LogP contribution < -0.4 is 4.74 Å². The molecular weight excluding hydrogens is 308 g/mol. The Kier molecular flexibility index (Phi) is 4.27. The van der Waals surface area contributed by atoms with E-state index < -0.39 is 0 Å². The third-order valence-electron chi connectivity index (χ3n) is 2.09. The van der Waals surface area contributed by atoms with Gasteiger partial charge < -0.3 is 4.74 Å². The summed E-state index contributed by atoms with van der Waals surface area (Å²) in [7, 11) is 0. The van der Waals surface area contributed by atoms with Crippen LogP contribution in [0.5, 0.6) is 5.75 Å². The van der Waals surface area contributed by atoms with Crippen LogP contribution in [0.3, 0.4) is 0 Å². The highest BCUT2D eigenvalue weighted by molar-refractivity contribution is 9.11. The van der Waals surface area contributed by atoms with E-state index in [4.69, 9.17) is 16.3 Å². The molecule has 0 aliphatic rings. The summed E-state index contributed by atoms with van der Waals surface area (Å²) in [6, 6.07) is 11.9. The summed E-state index contributed by atoms with van der Waals surface area (Å²) in [6.07, 6.45) is 0. The van der Waals surface area contributed by atoms with Crippen molar-refractivity contribution >= 4 is 38.9 Å². The zero-order valence-corrected chi connectivity index (χ0v) is 11.6. The summed E-state index contributed by atoms with van der Waals surface area (Å²) in [5, 5.41) is 0. The highest BCUT2D eigenvalue weighted by atomic mass is 79.9. The van der Waals surface area contributed by atoms with Gasteiger partial charge in [0.05, 0.1) is 3.79 Å². The van der Waals surface area contributed by atoms with Gasteiger partial charge in [-0.15, -0.1) is 22.9 Å². The van der Waals surface area contributed by atoms with Crippen molar-refractivity contribution in [1.29, 1.82) is 0 Å². The van der Waals surface area contributed by atoms with Crippen molar-refractivity contribution in [2.45, 2.75) is 12.5 Å². The molecule has 0 amide bonds. The fourth-order valence-corrected chi connectivity index (χ4v) is 2.83. The Balaban J connectivity index is 1.94. The smallest absolute Gasteiger partial charge is 0.122 e. The molecule has 0 unspecified atom stereocenters. The summed E-state index contributed by atoms with van der Waals surface area (Å²) in [5.74, 6) is 1.41. The van der Waals surface area contributed by atoms with Gasteiger partial charge in [-0.25, -0.2) is 0 Å². The van der Waals surface area contributed by atoms with Gasteiger partial charge in [0, 0.05) is 10.8 Å². The summed E-state index contributed by atoms with van der Waals surface area (Å²) in [5.41, 5.74) is 1.10. The molecule has 0 N–H and O–H groups in total. The van der Waals surface area contributed by atoms with Gasteiger partial charge in [-0.2, -0.15) is 0 Å². The quantitative estimate of drug-likeness (QED) is 0.734. The number of hydrogen-bond acceptors (Lipinski definition) is 2. The number of ether oxygens (including phenoxy) is 1. The minimum atomic E-state index is 0.540. The first kappa shape index (κ1) is 12.0. The fourth-order valence-electron chi connectivity index (χ4n) is 1.26. The van der Waals surface area contributed by atoms with Gasteiger partial charge in [-0.1, -0.05) is 12.1 Å². The fraction of sp³-hybridized carbons (Fsp3) is 0.167. The number of rotatable bonds is 4. The lowest BCUT2D eigenvalue weighted by Crippen LogP contribution is -1.92. The molecule has 1 aromatic carbocycles. The molecule has 0 saturated carbocycles. The predicted molar refractivity (Wildman–Crippen MR) is 72.4 cm³/mol. The molecule has 1 nitrogen and oxygen atoms in total. The summed E-state index contributed by atoms with van der Waals surface area (Å²) in [6.45, 7) is 0.608. The Hall–Kier alpha value is -0.510. The van der Waals surface area contributed by atoms with Crippen LogP contribution in [0.4, 0.5) is 0 Å². The highest BCUT2D eigenvalue weighted by Gasteiger charge is 1.99. The van der Waals surface area contributed by atoms with Crippen LogP contribution in [0.1, 0.15) is 10.4 Å². The lowest BCUT2D eigenvalue weighted by Gasteiger charge is -2.04. The zero-order valence-electron chi connectivity index (χ0n) is 8.45. The highest BCUT2D eigenvalue weighted by Crippen LogP contribution is 2.23. The normalized spacial score (nSPS) is 10.4. The molecule has 0 radical (unpaired) electrons. The third-order valence-corrected chi connectivity index (χ3v) is 3.99. The molecule has 16 heavy (non-hydrogen) atoms. The van der Waals surface area contributed by atoms with Crippen LogP contribution >= 0.6 is 38.9 Å². The lowest BCUT2D eigenvalue weighted by atomic mass is 10.2. The number of hydrogen-bond donors (Lipinski definition) is 0. The van der Waals surface area contributed by atoms with E-state index in [1.54, 1.807) is 11.3 Å². The van der Waals surface area contributed by atoms with Crippen LogP contribution in [-0.2, 0) is 12.5 Å². The van der Waals surface area contributed by atoms with Crippen molar-refractivity contribution in [1.82, 2.24) is 0 Å². The van der Waals surface area contributed by atoms with E-state index in [1.165, 1.54) is 4.88 Å². The molecule has 0 spiro atoms. The van der Waals surface area contributed by atoms with Gasteiger partial charge in [0.15, 0.2) is 0 Å². The second-order valence-corrected chi connectivity index (χ2v) is 6.09. The third kappa shape index (κ3) is 3.24. The monoisotopic (exact) mass is 316 g/mol. The van der Waals surface area contributed by atoms with Crippen molar-refractivity contribution in [2.75, 3.05) is 0 Å². The van der Waals surface area contributed by atoms with Gasteiger partial charge in [0.1, 0.15) is 12.4 Å². The second kappa shape index (κ2) is 5.71. The van der Waals surface area contributed by atoms with E-state index in [0.29, 0.717) is 12.5 Å². The number of alkyl halides is 1. The van der Waals surface area contributed by atoms with Gasteiger partial charge in [0.2, 0.25) is 0 Å². The average molecular weight is 318 g/mol. The Morgan fingerprint density at radius 3 is 2.44 bits per heavy atom. The van der Waals surface area contributed by atoms with Crippen molar-refractivity contribution in [3.8, 4) is 5.75 Å². The number of benzene rings is 1. The zero-order chi connectivity index (χ0) is 11.4. The average Bonchev–Trinajstić information content (AvgIpc) is 2.73. The summed E-state index contributed by atoms with van der Waals surface area (Å²) in [4.78, 5) is 1.20. The Labute approximate surface area is 112 Å². The summed E-state index contributed by atoms with van der Waals surface area (Å²) >= 11 is 10.8. The van der Waals surface area contributed by atoms with E-state index >= 15 is 0 Å². The Morgan fingerprint density at radius 2 is 1.88 bits per heavy atom. The SMILES string of the molecule is ClCc1ccc(OCc2ccc(Br)s2)cc1.